The number of aromatic nitrogens is 4. The van der Waals surface area contributed by atoms with Crippen LogP contribution in [0.4, 0.5) is 16.3 Å². The van der Waals surface area contributed by atoms with Crippen molar-refractivity contribution in [2.24, 2.45) is 7.05 Å². The topological polar surface area (TPSA) is 162 Å². The summed E-state index contributed by atoms with van der Waals surface area (Å²) in [5.74, 6) is -1.90. The fourth-order valence-electron chi connectivity index (χ4n) is 4.57. The largest absolute Gasteiger partial charge is 0.445 e. The summed E-state index contributed by atoms with van der Waals surface area (Å²) < 4.78 is 13.7. The molecule has 3 heterocycles. The van der Waals surface area contributed by atoms with Crippen LogP contribution in [0.25, 0.3) is 11.1 Å². The highest BCUT2D eigenvalue weighted by Crippen LogP contribution is 2.30. The zero-order valence-corrected chi connectivity index (χ0v) is 25.7. The van der Waals surface area contributed by atoms with Crippen LogP contribution < -0.4 is 16.0 Å². The summed E-state index contributed by atoms with van der Waals surface area (Å²) in [5.41, 5.74) is -0.0127. The number of hydrogen-bond donors (Lipinski definition) is 3. The van der Waals surface area contributed by atoms with E-state index in [0.717, 1.165) is 10.2 Å². The maximum atomic E-state index is 13.5. The summed E-state index contributed by atoms with van der Waals surface area (Å²) in [7, 11) is 1.63. The smallest absolute Gasteiger partial charge is 0.435 e. The average Bonchev–Trinajstić information content (AvgIpc) is 3.69. The number of furan rings is 1. The number of para-hydroxylation sites is 1. The average molecular weight is 612 g/mol. The fourth-order valence-corrected chi connectivity index (χ4v) is 4.57. The second kappa shape index (κ2) is 11.8. The predicted molar refractivity (Wildman–Crippen MR) is 166 cm³/mol. The van der Waals surface area contributed by atoms with E-state index >= 15 is 0 Å². The molecule has 45 heavy (non-hydrogen) atoms. The zero-order chi connectivity index (χ0) is 32.5. The van der Waals surface area contributed by atoms with Crippen LogP contribution in [0.3, 0.4) is 0 Å². The van der Waals surface area contributed by atoms with Crippen LogP contribution in [-0.2, 0) is 17.3 Å². The fraction of sp³-hybridized carbons (Fsp3) is 0.250. The number of amides is 3. The van der Waals surface area contributed by atoms with E-state index in [9.17, 15) is 19.2 Å². The van der Waals surface area contributed by atoms with Crippen LogP contribution in [0.2, 0.25) is 0 Å². The number of hydrogen-bond acceptors (Lipinski definition) is 8. The molecule has 3 amide bonds. The van der Waals surface area contributed by atoms with Gasteiger partial charge < -0.3 is 25.1 Å². The summed E-state index contributed by atoms with van der Waals surface area (Å²) in [6, 6.07) is 18.7. The molecule has 0 spiro atoms. The minimum atomic E-state index is -0.854. The van der Waals surface area contributed by atoms with E-state index in [0.29, 0.717) is 5.69 Å². The number of carbonyl (C=O) groups excluding carboxylic acids is 4. The molecule has 13 nitrogen and oxygen atoms in total. The van der Waals surface area contributed by atoms with Crippen molar-refractivity contribution in [1.82, 2.24) is 24.9 Å². The lowest BCUT2D eigenvalue weighted by molar-refractivity contribution is 0.0522. The molecule has 0 aliphatic heterocycles. The van der Waals surface area contributed by atoms with E-state index in [1.165, 1.54) is 23.0 Å². The molecule has 2 aromatic carbocycles. The standard InChI is InChI=1S/C32H33N7O6/c1-31(2,3)45-30(43)39-23-18-24(29(42)36-32(4,5)19-12-8-7-9-13-19)44-25(23)26(37-39)35-27(40)20-14-10-11-15-21(20)34-28(41)22-16-17-33-38(22)6/h7-18H,1-6H3,(H,34,41)(H,36,42)(H,35,37,40). The number of fused-ring (bicyclic) bond motifs is 1. The van der Waals surface area contributed by atoms with Gasteiger partial charge in [-0.25, -0.2) is 4.79 Å². The van der Waals surface area contributed by atoms with Gasteiger partial charge in [-0.1, -0.05) is 42.5 Å². The number of nitrogens with one attached hydrogen (secondary N) is 3. The van der Waals surface area contributed by atoms with Gasteiger partial charge in [0.05, 0.1) is 16.8 Å². The number of rotatable bonds is 7. The summed E-state index contributed by atoms with van der Waals surface area (Å²) in [5, 5.41) is 16.6. The molecule has 0 saturated carbocycles. The lowest BCUT2D eigenvalue weighted by Crippen LogP contribution is -2.40. The van der Waals surface area contributed by atoms with Crippen molar-refractivity contribution in [1.29, 1.82) is 0 Å². The van der Waals surface area contributed by atoms with Gasteiger partial charge >= 0.3 is 6.09 Å². The molecule has 3 aromatic heterocycles. The van der Waals surface area contributed by atoms with Gasteiger partial charge in [-0.15, -0.1) is 5.10 Å². The predicted octanol–water partition coefficient (Wildman–Crippen LogP) is 5.32. The van der Waals surface area contributed by atoms with Gasteiger partial charge in [0, 0.05) is 19.3 Å². The first-order chi connectivity index (χ1) is 21.2. The van der Waals surface area contributed by atoms with Gasteiger partial charge in [-0.2, -0.15) is 9.78 Å². The Balaban J connectivity index is 1.47. The molecule has 0 saturated heterocycles. The minimum absolute atomic E-state index is 0.0201. The molecule has 0 bridgehead atoms. The lowest BCUT2D eigenvalue weighted by atomic mass is 9.94. The molecule has 0 atom stereocenters. The Bertz CT molecular complexity index is 1910. The molecule has 0 aliphatic rings. The molecule has 5 aromatic rings. The monoisotopic (exact) mass is 611 g/mol. The SMILES string of the molecule is Cn1nccc1C(=O)Nc1ccccc1C(=O)Nc1nn(C(=O)OC(C)(C)C)c2cc(C(=O)NC(C)(C)c3ccccc3)oc12. The van der Waals surface area contributed by atoms with Gasteiger partial charge in [0.25, 0.3) is 17.7 Å². The third-order valence-electron chi connectivity index (χ3n) is 6.77. The molecule has 13 heteroatoms. The third-order valence-corrected chi connectivity index (χ3v) is 6.77. The van der Waals surface area contributed by atoms with Gasteiger partial charge in [-0.05, 0) is 58.4 Å². The van der Waals surface area contributed by atoms with Gasteiger partial charge in [-0.3, -0.25) is 19.1 Å². The van der Waals surface area contributed by atoms with Crippen molar-refractivity contribution in [3.05, 3.63) is 95.5 Å². The minimum Gasteiger partial charge on any atom is -0.445 e. The van der Waals surface area contributed by atoms with Crippen LogP contribution >= 0.6 is 0 Å². The number of benzene rings is 2. The van der Waals surface area contributed by atoms with Crippen LogP contribution in [0.1, 0.15) is 71.6 Å². The first-order valence-electron chi connectivity index (χ1n) is 14.1. The van der Waals surface area contributed by atoms with E-state index in [4.69, 9.17) is 9.15 Å². The van der Waals surface area contributed by atoms with Crippen LogP contribution in [-0.4, -0.2) is 49.0 Å². The Hall–Kier alpha value is -5.72. The lowest BCUT2D eigenvalue weighted by Gasteiger charge is -2.26. The number of aryl methyl sites for hydroxylation is 1. The molecule has 232 valence electrons. The Kier molecular flexibility index (Phi) is 8.03. The summed E-state index contributed by atoms with van der Waals surface area (Å²) >= 11 is 0. The van der Waals surface area contributed by atoms with Crippen molar-refractivity contribution in [2.75, 3.05) is 10.6 Å². The van der Waals surface area contributed by atoms with Crippen LogP contribution in [0.15, 0.2) is 77.3 Å². The van der Waals surface area contributed by atoms with Crippen LogP contribution in [0.5, 0.6) is 0 Å². The highest BCUT2D eigenvalue weighted by Gasteiger charge is 2.30. The number of ether oxygens (including phenoxy) is 1. The molecular weight excluding hydrogens is 578 g/mol. The molecule has 0 aliphatic carbocycles. The summed E-state index contributed by atoms with van der Waals surface area (Å²) in [4.78, 5) is 52.8. The Labute approximate surface area is 258 Å². The second-order valence-electron chi connectivity index (χ2n) is 11.8. The highest BCUT2D eigenvalue weighted by molar-refractivity contribution is 6.14. The molecule has 3 N–H and O–H groups in total. The Morgan fingerprint density at radius 1 is 0.844 bits per heavy atom. The van der Waals surface area contributed by atoms with Crippen LogP contribution in [0, 0.1) is 0 Å². The van der Waals surface area contributed by atoms with Gasteiger partial charge in [0.1, 0.15) is 16.8 Å². The summed E-state index contributed by atoms with van der Waals surface area (Å²) in [6.45, 7) is 8.80. The Morgan fingerprint density at radius 3 is 2.20 bits per heavy atom. The van der Waals surface area contributed by atoms with E-state index < -0.39 is 35.0 Å². The second-order valence-corrected chi connectivity index (χ2v) is 11.8. The van der Waals surface area contributed by atoms with E-state index in [1.807, 2.05) is 44.2 Å². The van der Waals surface area contributed by atoms with Crippen molar-refractivity contribution in [2.45, 2.75) is 45.8 Å². The number of nitrogens with zero attached hydrogens (tertiary/aromatic N) is 4. The quantitative estimate of drug-likeness (QED) is 0.223. The number of carbonyl (C=O) groups is 4. The number of anilines is 2. The van der Waals surface area contributed by atoms with Crippen molar-refractivity contribution >= 4 is 46.4 Å². The van der Waals surface area contributed by atoms with E-state index in [1.54, 1.807) is 52.1 Å². The zero-order valence-electron chi connectivity index (χ0n) is 25.7. The summed E-state index contributed by atoms with van der Waals surface area (Å²) in [6.07, 6.45) is 0.648. The molecule has 0 radical (unpaired) electrons. The van der Waals surface area contributed by atoms with Crippen molar-refractivity contribution in [3.63, 3.8) is 0 Å². The van der Waals surface area contributed by atoms with E-state index in [-0.39, 0.29) is 33.9 Å². The van der Waals surface area contributed by atoms with Crippen molar-refractivity contribution in [3.8, 4) is 0 Å². The highest BCUT2D eigenvalue weighted by atomic mass is 16.6. The molecule has 0 fully saturated rings. The van der Waals surface area contributed by atoms with Gasteiger partial charge in [0.15, 0.2) is 17.2 Å². The van der Waals surface area contributed by atoms with Gasteiger partial charge in [0.2, 0.25) is 0 Å². The first kappa shape index (κ1) is 30.7. The Morgan fingerprint density at radius 2 is 1.53 bits per heavy atom. The third kappa shape index (κ3) is 6.61. The molecule has 0 unspecified atom stereocenters. The van der Waals surface area contributed by atoms with Crippen molar-refractivity contribution < 1.29 is 28.3 Å². The molecule has 5 rings (SSSR count). The maximum absolute atomic E-state index is 13.5. The normalized spacial score (nSPS) is 11.7. The molecular formula is C32H33N7O6. The van der Waals surface area contributed by atoms with E-state index in [2.05, 4.69) is 26.1 Å². The maximum Gasteiger partial charge on any atom is 0.435 e. The first-order valence-corrected chi connectivity index (χ1v) is 14.1.